The Kier molecular flexibility index (Phi) is 4.37. The molecule has 2 heterocycles. The molecule has 6 heteroatoms. The third-order valence-corrected chi connectivity index (χ3v) is 5.06. The third-order valence-electron chi connectivity index (χ3n) is 4.78. The first-order chi connectivity index (χ1) is 11.2. The van der Waals surface area contributed by atoms with Gasteiger partial charge in [-0.25, -0.2) is 0 Å². The largest absolute Gasteiger partial charge is 0.496 e. The summed E-state index contributed by atoms with van der Waals surface area (Å²) in [7, 11) is -0.546. The average Bonchev–Trinajstić information content (AvgIpc) is 2.73. The first-order valence-electron chi connectivity index (χ1n) is 7.99. The lowest BCUT2D eigenvalue weighted by Gasteiger charge is -2.32. The van der Waals surface area contributed by atoms with E-state index in [0.717, 1.165) is 11.0 Å². The summed E-state index contributed by atoms with van der Waals surface area (Å²) in [6.07, 6.45) is 1.77. The fourth-order valence-corrected chi connectivity index (χ4v) is 2.86. The molecular formula is C18H21BClNO3. The number of nitrogens with zero attached hydrogens (tertiary/aromatic N) is 1. The van der Waals surface area contributed by atoms with E-state index in [4.69, 9.17) is 20.9 Å². The fraction of sp³-hybridized carbons (Fsp3) is 0.389. The van der Waals surface area contributed by atoms with Crippen LogP contribution in [0.2, 0.25) is 5.02 Å². The normalized spacial score (nSPS) is 18.8. The highest BCUT2D eigenvalue weighted by molar-refractivity contribution is 6.62. The van der Waals surface area contributed by atoms with Crippen molar-refractivity contribution in [2.75, 3.05) is 0 Å². The van der Waals surface area contributed by atoms with E-state index in [2.05, 4.69) is 0 Å². The predicted octanol–water partition coefficient (Wildman–Crippen LogP) is 2.85. The quantitative estimate of drug-likeness (QED) is 0.803. The van der Waals surface area contributed by atoms with Gasteiger partial charge in [-0.2, -0.15) is 0 Å². The summed E-state index contributed by atoms with van der Waals surface area (Å²) >= 11 is 6.16. The zero-order valence-electron chi connectivity index (χ0n) is 14.4. The van der Waals surface area contributed by atoms with Crippen molar-refractivity contribution in [3.05, 3.63) is 63.5 Å². The summed E-state index contributed by atoms with van der Waals surface area (Å²) < 4.78 is 13.7. The van der Waals surface area contributed by atoms with Gasteiger partial charge in [0.1, 0.15) is 5.02 Å². The summed E-state index contributed by atoms with van der Waals surface area (Å²) in [5.74, 6) is 0. The Bertz CT molecular complexity index is 786. The van der Waals surface area contributed by atoms with E-state index in [9.17, 15) is 4.79 Å². The maximum atomic E-state index is 12.3. The minimum atomic E-state index is -0.546. The maximum Gasteiger partial charge on any atom is 0.496 e. The Balaban J connectivity index is 1.95. The van der Waals surface area contributed by atoms with Gasteiger partial charge in [0.2, 0.25) is 0 Å². The van der Waals surface area contributed by atoms with Crippen LogP contribution in [-0.2, 0) is 15.9 Å². The summed E-state index contributed by atoms with van der Waals surface area (Å²) in [5.41, 5.74) is 0.673. The first-order valence-corrected chi connectivity index (χ1v) is 8.37. The van der Waals surface area contributed by atoms with E-state index in [1.807, 2.05) is 58.0 Å². The SMILES string of the molecule is CC1(C)OB(c2cc(Cl)c(=O)n(Cc3ccccc3)c2)OC1(C)C. The number of rotatable bonds is 3. The number of aromatic nitrogens is 1. The molecule has 3 rings (SSSR count). The van der Waals surface area contributed by atoms with Crippen LogP contribution in [0.4, 0.5) is 0 Å². The molecule has 1 aliphatic heterocycles. The molecule has 0 N–H and O–H groups in total. The van der Waals surface area contributed by atoms with Gasteiger partial charge >= 0.3 is 7.12 Å². The highest BCUT2D eigenvalue weighted by Gasteiger charge is 2.51. The summed E-state index contributed by atoms with van der Waals surface area (Å²) in [6, 6.07) is 11.4. The molecule has 0 saturated carbocycles. The topological polar surface area (TPSA) is 40.5 Å². The number of hydrogen-bond donors (Lipinski definition) is 0. The van der Waals surface area contributed by atoms with Crippen molar-refractivity contribution in [1.29, 1.82) is 0 Å². The van der Waals surface area contributed by atoms with E-state index in [0.29, 0.717) is 6.54 Å². The zero-order valence-corrected chi connectivity index (χ0v) is 15.1. The second-order valence-corrected chi connectivity index (χ2v) is 7.54. The molecule has 0 spiro atoms. The van der Waals surface area contributed by atoms with Crippen LogP contribution in [0.3, 0.4) is 0 Å². The zero-order chi connectivity index (χ0) is 17.5. The summed E-state index contributed by atoms with van der Waals surface area (Å²) in [5, 5.41) is 0.165. The Morgan fingerprint density at radius 1 is 1.08 bits per heavy atom. The standard InChI is InChI=1S/C18H21BClNO3/c1-17(2)18(3,4)24-19(23-17)14-10-15(20)16(22)21(12-14)11-13-8-6-5-7-9-13/h5-10,12H,11H2,1-4H3. The van der Waals surface area contributed by atoms with Crippen LogP contribution < -0.4 is 11.0 Å². The molecule has 126 valence electrons. The summed E-state index contributed by atoms with van der Waals surface area (Å²) in [6.45, 7) is 8.43. The monoisotopic (exact) mass is 345 g/mol. The molecule has 1 saturated heterocycles. The first kappa shape index (κ1) is 17.3. The van der Waals surface area contributed by atoms with Crippen LogP contribution in [0.5, 0.6) is 0 Å². The Hall–Kier alpha value is -1.56. The van der Waals surface area contributed by atoms with Gasteiger partial charge in [-0.3, -0.25) is 4.79 Å². The molecule has 2 aromatic rings. The lowest BCUT2D eigenvalue weighted by atomic mass is 9.80. The van der Waals surface area contributed by atoms with Crippen LogP contribution in [0.1, 0.15) is 33.3 Å². The van der Waals surface area contributed by atoms with Gasteiger partial charge in [-0.15, -0.1) is 0 Å². The molecule has 0 amide bonds. The van der Waals surface area contributed by atoms with Crippen LogP contribution in [0, 0.1) is 0 Å². The van der Waals surface area contributed by atoms with Crippen molar-refractivity contribution in [3.8, 4) is 0 Å². The van der Waals surface area contributed by atoms with Crippen molar-refractivity contribution in [3.63, 3.8) is 0 Å². The molecule has 0 bridgehead atoms. The molecule has 0 atom stereocenters. The van der Waals surface area contributed by atoms with Crippen molar-refractivity contribution >= 4 is 24.2 Å². The molecule has 0 radical (unpaired) electrons. The fourth-order valence-electron chi connectivity index (χ4n) is 2.63. The van der Waals surface area contributed by atoms with Crippen LogP contribution >= 0.6 is 11.6 Å². The van der Waals surface area contributed by atoms with Gasteiger partial charge in [-0.1, -0.05) is 41.9 Å². The number of hydrogen-bond acceptors (Lipinski definition) is 3. The molecule has 24 heavy (non-hydrogen) atoms. The molecule has 0 unspecified atom stereocenters. The second-order valence-electron chi connectivity index (χ2n) is 7.13. The molecule has 4 nitrogen and oxygen atoms in total. The van der Waals surface area contributed by atoms with E-state index in [-0.39, 0.29) is 10.6 Å². The van der Waals surface area contributed by atoms with Gasteiger partial charge in [-0.05, 0) is 39.3 Å². The van der Waals surface area contributed by atoms with Crippen molar-refractivity contribution in [1.82, 2.24) is 4.57 Å². The van der Waals surface area contributed by atoms with Gasteiger partial charge in [0.05, 0.1) is 17.7 Å². The number of benzene rings is 1. The van der Waals surface area contributed by atoms with Crippen LogP contribution in [0.25, 0.3) is 0 Å². The van der Waals surface area contributed by atoms with Gasteiger partial charge in [0.25, 0.3) is 5.56 Å². The van der Waals surface area contributed by atoms with Crippen molar-refractivity contribution in [2.45, 2.75) is 45.4 Å². The highest BCUT2D eigenvalue weighted by atomic mass is 35.5. The minimum absolute atomic E-state index is 0.165. The summed E-state index contributed by atoms with van der Waals surface area (Å²) in [4.78, 5) is 12.3. The van der Waals surface area contributed by atoms with Crippen molar-refractivity contribution < 1.29 is 9.31 Å². The molecule has 1 aliphatic rings. The molecular weight excluding hydrogens is 324 g/mol. The van der Waals surface area contributed by atoms with E-state index >= 15 is 0 Å². The Morgan fingerprint density at radius 3 is 2.25 bits per heavy atom. The van der Waals surface area contributed by atoms with Gasteiger partial charge < -0.3 is 13.9 Å². The average molecular weight is 346 g/mol. The highest BCUT2D eigenvalue weighted by Crippen LogP contribution is 2.36. The van der Waals surface area contributed by atoms with Gasteiger partial charge in [0, 0.05) is 11.7 Å². The lowest BCUT2D eigenvalue weighted by molar-refractivity contribution is 0.00578. The third kappa shape index (κ3) is 3.16. The van der Waals surface area contributed by atoms with Crippen molar-refractivity contribution in [2.24, 2.45) is 0 Å². The van der Waals surface area contributed by atoms with Gasteiger partial charge in [0.15, 0.2) is 0 Å². The van der Waals surface area contributed by atoms with E-state index < -0.39 is 18.3 Å². The number of halogens is 1. The molecule has 1 aromatic heterocycles. The molecule has 1 aromatic carbocycles. The second kappa shape index (κ2) is 6.06. The van der Waals surface area contributed by atoms with E-state index in [1.54, 1.807) is 16.8 Å². The minimum Gasteiger partial charge on any atom is -0.399 e. The van der Waals surface area contributed by atoms with Crippen LogP contribution in [-0.4, -0.2) is 22.9 Å². The van der Waals surface area contributed by atoms with Crippen LogP contribution in [0.15, 0.2) is 47.4 Å². The Labute approximate surface area is 147 Å². The smallest absolute Gasteiger partial charge is 0.399 e. The predicted molar refractivity (Wildman–Crippen MR) is 97.0 cm³/mol. The molecule has 0 aliphatic carbocycles. The molecule has 1 fully saturated rings. The number of pyridine rings is 1. The van der Waals surface area contributed by atoms with E-state index in [1.165, 1.54) is 0 Å². The maximum absolute atomic E-state index is 12.3. The Morgan fingerprint density at radius 2 is 1.67 bits per heavy atom. The lowest BCUT2D eigenvalue weighted by Crippen LogP contribution is -2.41.